The largest absolute Gasteiger partial charge is 0.376 e. The Morgan fingerprint density at radius 3 is 2.55 bits per heavy atom. The van der Waals surface area contributed by atoms with Gasteiger partial charge in [0.25, 0.3) is 5.91 Å². The Morgan fingerprint density at radius 1 is 1.20 bits per heavy atom. The quantitative estimate of drug-likeness (QED) is 0.849. The van der Waals surface area contributed by atoms with Crippen molar-refractivity contribution in [2.45, 2.75) is 4.90 Å². The number of benzene rings is 2. The Balaban J connectivity index is 2.26. The molecule has 0 aromatic heterocycles. The molecule has 0 saturated carbocycles. The van der Waals surface area contributed by atoms with Crippen LogP contribution in [0.15, 0.2) is 47.4 Å². The molecule has 5 heteroatoms. The van der Waals surface area contributed by atoms with Crippen molar-refractivity contribution in [1.82, 2.24) is 0 Å². The summed E-state index contributed by atoms with van der Waals surface area (Å²) >= 11 is 3.98. The predicted molar refractivity (Wildman–Crippen MR) is 82.4 cm³/mol. The van der Waals surface area contributed by atoms with E-state index >= 15 is 0 Å². The smallest absolute Gasteiger partial charge is 0.255 e. The topological polar surface area (TPSA) is 32.3 Å². The van der Waals surface area contributed by atoms with Gasteiger partial charge in [-0.15, -0.1) is 12.6 Å². The van der Waals surface area contributed by atoms with Crippen molar-refractivity contribution in [2.75, 3.05) is 24.3 Å². The summed E-state index contributed by atoms with van der Waals surface area (Å²) in [6, 6.07) is 11.5. The first kappa shape index (κ1) is 14.4. The first-order valence-electron chi connectivity index (χ1n) is 6.05. The number of hydrogen-bond donors (Lipinski definition) is 2. The van der Waals surface area contributed by atoms with Gasteiger partial charge in [0.1, 0.15) is 5.82 Å². The summed E-state index contributed by atoms with van der Waals surface area (Å²) in [5.74, 6) is -0.742. The molecule has 2 aromatic rings. The summed E-state index contributed by atoms with van der Waals surface area (Å²) in [7, 11) is 3.80. The molecule has 0 fully saturated rings. The highest BCUT2D eigenvalue weighted by Gasteiger charge is 2.11. The van der Waals surface area contributed by atoms with E-state index in [-0.39, 0.29) is 10.8 Å². The van der Waals surface area contributed by atoms with E-state index in [1.807, 2.05) is 43.3 Å². The van der Waals surface area contributed by atoms with Gasteiger partial charge in [-0.3, -0.25) is 4.79 Å². The summed E-state index contributed by atoms with van der Waals surface area (Å²) in [6.45, 7) is 0. The first-order valence-corrected chi connectivity index (χ1v) is 6.50. The Bertz CT molecular complexity index is 644. The maximum absolute atomic E-state index is 13.1. The van der Waals surface area contributed by atoms with Crippen LogP contribution < -0.4 is 10.2 Å². The molecule has 1 amide bonds. The molecule has 0 bridgehead atoms. The number of amides is 1. The standard InChI is InChI=1S/C15H15FN2OS/c1-18(2)13-6-4-3-5-12(13)17-15(19)10-7-8-11(16)14(20)9-10/h3-9,20H,1-2H3,(H,17,19). The SMILES string of the molecule is CN(C)c1ccccc1NC(=O)c1ccc(F)c(S)c1. The van der Waals surface area contributed by atoms with Gasteiger partial charge in [-0.1, -0.05) is 12.1 Å². The molecule has 0 saturated heterocycles. The summed E-state index contributed by atoms with van der Waals surface area (Å²) in [4.78, 5) is 14.2. The van der Waals surface area contributed by atoms with Crippen molar-refractivity contribution in [3.8, 4) is 0 Å². The number of para-hydroxylation sites is 2. The van der Waals surface area contributed by atoms with Crippen LogP contribution in [0, 0.1) is 5.82 Å². The van der Waals surface area contributed by atoms with Crippen LogP contribution in [0.2, 0.25) is 0 Å². The Hall–Kier alpha value is -2.01. The van der Waals surface area contributed by atoms with E-state index in [0.29, 0.717) is 11.3 Å². The molecule has 1 N–H and O–H groups in total. The molecule has 0 atom stereocenters. The number of carbonyl (C=O) groups is 1. The number of nitrogens with zero attached hydrogens (tertiary/aromatic N) is 1. The maximum atomic E-state index is 13.1. The minimum absolute atomic E-state index is 0.151. The van der Waals surface area contributed by atoms with Crippen LogP contribution in [0.1, 0.15) is 10.4 Å². The zero-order valence-electron chi connectivity index (χ0n) is 11.2. The summed E-state index contributed by atoms with van der Waals surface area (Å²) in [5, 5.41) is 2.82. The lowest BCUT2D eigenvalue weighted by Gasteiger charge is -2.17. The fraction of sp³-hybridized carbons (Fsp3) is 0.133. The number of anilines is 2. The molecule has 0 heterocycles. The number of carbonyl (C=O) groups excluding carboxylic acids is 1. The number of halogens is 1. The van der Waals surface area contributed by atoms with E-state index in [1.54, 1.807) is 0 Å². The van der Waals surface area contributed by atoms with Crippen molar-refractivity contribution < 1.29 is 9.18 Å². The van der Waals surface area contributed by atoms with Gasteiger partial charge in [-0.2, -0.15) is 0 Å². The lowest BCUT2D eigenvalue weighted by molar-refractivity contribution is 0.102. The lowest BCUT2D eigenvalue weighted by Crippen LogP contribution is -2.16. The van der Waals surface area contributed by atoms with Crippen LogP contribution in [0.25, 0.3) is 0 Å². The average molecular weight is 290 g/mol. The van der Waals surface area contributed by atoms with E-state index in [2.05, 4.69) is 17.9 Å². The maximum Gasteiger partial charge on any atom is 0.255 e. The lowest BCUT2D eigenvalue weighted by atomic mass is 10.2. The Kier molecular flexibility index (Phi) is 4.29. The second kappa shape index (κ2) is 5.96. The van der Waals surface area contributed by atoms with Gasteiger partial charge in [0.15, 0.2) is 0 Å². The molecule has 20 heavy (non-hydrogen) atoms. The molecule has 0 aliphatic carbocycles. The van der Waals surface area contributed by atoms with Crippen molar-refractivity contribution >= 4 is 29.9 Å². The minimum Gasteiger partial charge on any atom is -0.376 e. The van der Waals surface area contributed by atoms with Crippen molar-refractivity contribution in [3.05, 3.63) is 53.8 Å². The normalized spacial score (nSPS) is 10.2. The van der Waals surface area contributed by atoms with E-state index in [0.717, 1.165) is 5.69 Å². The van der Waals surface area contributed by atoms with Crippen LogP contribution in [-0.2, 0) is 0 Å². The van der Waals surface area contributed by atoms with Gasteiger partial charge in [0.2, 0.25) is 0 Å². The van der Waals surface area contributed by atoms with Gasteiger partial charge < -0.3 is 10.2 Å². The molecule has 0 unspecified atom stereocenters. The number of thiol groups is 1. The van der Waals surface area contributed by atoms with Crippen LogP contribution in [-0.4, -0.2) is 20.0 Å². The minimum atomic E-state index is -0.446. The van der Waals surface area contributed by atoms with Gasteiger partial charge in [-0.05, 0) is 30.3 Å². The third kappa shape index (κ3) is 3.11. The zero-order valence-corrected chi connectivity index (χ0v) is 12.1. The summed E-state index contributed by atoms with van der Waals surface area (Å²) in [5.41, 5.74) is 1.96. The van der Waals surface area contributed by atoms with E-state index < -0.39 is 5.82 Å². The highest BCUT2D eigenvalue weighted by molar-refractivity contribution is 7.80. The van der Waals surface area contributed by atoms with Gasteiger partial charge in [-0.25, -0.2) is 4.39 Å². The van der Waals surface area contributed by atoms with Crippen molar-refractivity contribution in [1.29, 1.82) is 0 Å². The molecule has 0 aliphatic heterocycles. The fourth-order valence-electron chi connectivity index (χ4n) is 1.82. The number of hydrogen-bond acceptors (Lipinski definition) is 3. The summed E-state index contributed by atoms with van der Waals surface area (Å²) < 4.78 is 13.1. The van der Waals surface area contributed by atoms with E-state index in [9.17, 15) is 9.18 Å². The van der Waals surface area contributed by atoms with E-state index in [4.69, 9.17) is 0 Å². The van der Waals surface area contributed by atoms with Crippen molar-refractivity contribution in [3.63, 3.8) is 0 Å². The van der Waals surface area contributed by atoms with Gasteiger partial charge >= 0.3 is 0 Å². The monoisotopic (exact) mass is 290 g/mol. The third-order valence-corrected chi connectivity index (χ3v) is 3.19. The fourth-order valence-corrected chi connectivity index (χ4v) is 2.03. The van der Waals surface area contributed by atoms with Crippen LogP contribution >= 0.6 is 12.6 Å². The summed E-state index contributed by atoms with van der Waals surface area (Å²) in [6.07, 6.45) is 0. The molecule has 0 spiro atoms. The first-order chi connectivity index (χ1) is 9.49. The predicted octanol–water partition coefficient (Wildman–Crippen LogP) is 3.43. The zero-order chi connectivity index (χ0) is 14.7. The average Bonchev–Trinajstić information content (AvgIpc) is 2.42. The second-order valence-corrected chi connectivity index (χ2v) is 5.01. The highest BCUT2D eigenvalue weighted by atomic mass is 32.1. The molecule has 0 aliphatic rings. The van der Waals surface area contributed by atoms with Crippen LogP contribution in [0.5, 0.6) is 0 Å². The molecular formula is C15H15FN2OS. The Morgan fingerprint density at radius 2 is 1.90 bits per heavy atom. The molecule has 2 aromatic carbocycles. The number of nitrogens with one attached hydrogen (secondary N) is 1. The van der Waals surface area contributed by atoms with Crippen molar-refractivity contribution in [2.24, 2.45) is 0 Å². The molecule has 3 nitrogen and oxygen atoms in total. The van der Waals surface area contributed by atoms with E-state index in [1.165, 1.54) is 18.2 Å². The molecular weight excluding hydrogens is 275 g/mol. The highest BCUT2D eigenvalue weighted by Crippen LogP contribution is 2.24. The van der Waals surface area contributed by atoms with Crippen LogP contribution in [0.3, 0.4) is 0 Å². The second-order valence-electron chi connectivity index (χ2n) is 4.53. The van der Waals surface area contributed by atoms with Gasteiger partial charge in [0, 0.05) is 24.6 Å². The third-order valence-electron chi connectivity index (χ3n) is 2.84. The Labute approximate surface area is 122 Å². The molecule has 104 valence electrons. The molecule has 2 rings (SSSR count). The number of rotatable bonds is 3. The molecule has 0 radical (unpaired) electrons. The van der Waals surface area contributed by atoms with Crippen LogP contribution in [0.4, 0.5) is 15.8 Å². The van der Waals surface area contributed by atoms with Gasteiger partial charge in [0.05, 0.1) is 11.4 Å².